The SMILES string of the molecule is CC(C)(C)C1=[C-]C(C)(C)c2cc3c(cc21)-c1cc2c(cc1C3)C(C)(C)C=C2C(C)(C)C.CCc1cc(C(C)(C)C)c[cH-]1.[Cl-].[Cl-].[Zr+4]. The van der Waals surface area contributed by atoms with E-state index in [1.165, 1.54) is 66.8 Å². The molecule has 0 radical (unpaired) electrons. The molecule has 0 amide bonds. The topological polar surface area (TPSA) is 0 Å². The first-order chi connectivity index (χ1) is 19.1. The number of halogens is 2. The first kappa shape index (κ1) is 39.9. The number of hydrogen-bond acceptors (Lipinski definition) is 0. The van der Waals surface area contributed by atoms with Crippen molar-refractivity contribution in [3.63, 3.8) is 0 Å². The van der Waals surface area contributed by atoms with Crippen LogP contribution in [0.3, 0.4) is 0 Å². The second kappa shape index (κ2) is 13.0. The quantitative estimate of drug-likeness (QED) is 0.219. The predicted molar refractivity (Wildman–Crippen MR) is 184 cm³/mol. The molecule has 3 aliphatic rings. The third kappa shape index (κ3) is 7.42. The van der Waals surface area contributed by atoms with Gasteiger partial charge < -0.3 is 24.8 Å². The van der Waals surface area contributed by atoms with Crippen molar-refractivity contribution in [1.29, 1.82) is 0 Å². The van der Waals surface area contributed by atoms with E-state index in [0.717, 1.165) is 12.8 Å². The van der Waals surface area contributed by atoms with Gasteiger partial charge in [0.05, 0.1) is 0 Å². The Kier molecular flexibility index (Phi) is 11.5. The maximum Gasteiger partial charge on any atom is 4.00 e. The Labute approximate surface area is 307 Å². The van der Waals surface area contributed by atoms with Crippen LogP contribution >= 0.6 is 0 Å². The van der Waals surface area contributed by atoms with Gasteiger partial charge in [0.2, 0.25) is 0 Å². The number of hydrogen-bond donors (Lipinski definition) is 0. The van der Waals surface area contributed by atoms with Crippen molar-refractivity contribution in [2.24, 2.45) is 10.8 Å². The summed E-state index contributed by atoms with van der Waals surface area (Å²) in [5.74, 6) is 0. The minimum atomic E-state index is -0.0202. The van der Waals surface area contributed by atoms with E-state index in [4.69, 9.17) is 0 Å². The predicted octanol–water partition coefficient (Wildman–Crippen LogP) is 5.77. The van der Waals surface area contributed by atoms with Crippen molar-refractivity contribution in [2.45, 2.75) is 126 Å². The van der Waals surface area contributed by atoms with Gasteiger partial charge in [-0.05, 0) is 62.3 Å². The van der Waals surface area contributed by atoms with Gasteiger partial charge in [-0.15, -0.1) is 11.6 Å². The molecule has 3 aliphatic carbocycles. The van der Waals surface area contributed by atoms with Crippen LogP contribution in [0.2, 0.25) is 0 Å². The fourth-order valence-corrected chi connectivity index (χ4v) is 7.12. The van der Waals surface area contributed by atoms with Crippen molar-refractivity contribution < 1.29 is 51.0 Å². The molecule has 0 atom stereocenters. The molecule has 240 valence electrons. The van der Waals surface area contributed by atoms with Crippen LogP contribution in [0.1, 0.15) is 141 Å². The van der Waals surface area contributed by atoms with Gasteiger partial charge in [0.1, 0.15) is 0 Å². The number of allylic oxidation sites excluding steroid dienone is 4. The molecule has 3 aromatic carbocycles. The molecule has 0 N–H and O–H groups in total. The van der Waals surface area contributed by atoms with Crippen LogP contribution in [0, 0.1) is 16.9 Å². The van der Waals surface area contributed by atoms with Gasteiger partial charge in [0.15, 0.2) is 0 Å². The summed E-state index contributed by atoms with van der Waals surface area (Å²) in [4.78, 5) is 0. The molecule has 45 heavy (non-hydrogen) atoms. The number of rotatable bonds is 1. The molecule has 6 rings (SSSR count). The number of benzene rings is 2. The molecular weight excluding hydrogens is 667 g/mol. The molecule has 0 fully saturated rings. The van der Waals surface area contributed by atoms with Crippen molar-refractivity contribution in [3.05, 3.63) is 99.1 Å². The molecule has 0 saturated heterocycles. The van der Waals surface area contributed by atoms with Crippen LogP contribution in [0.25, 0.3) is 22.3 Å². The first-order valence-corrected chi connectivity index (χ1v) is 16.1. The zero-order chi connectivity index (χ0) is 31.2. The van der Waals surface area contributed by atoms with E-state index < -0.39 is 0 Å². The monoisotopic (exact) mass is 718 g/mol. The van der Waals surface area contributed by atoms with E-state index in [2.05, 4.69) is 152 Å². The molecule has 0 heterocycles. The van der Waals surface area contributed by atoms with Gasteiger partial charge in [0.25, 0.3) is 0 Å². The smallest absolute Gasteiger partial charge is 1.00 e. The molecule has 0 unspecified atom stereocenters. The third-order valence-corrected chi connectivity index (χ3v) is 9.68. The minimum absolute atomic E-state index is 0. The number of aryl methyl sites for hydroxylation is 1. The standard InChI is InChI=1S/C31H37.C11H17.2ClH.Zr/c1-28(2,3)26-16-30(7,8)24-12-18-11-19-13-25-23(15-21(19)20(18)14-22(24)26)27(29(4,5)6)17-31(25,9)10;1-5-9-6-7-10(8-9)11(2,3)4;;;/h12-16H,11H2,1-10H3;6-8H,5H2,1-4H3;2*1H;/q2*-1;;;+4/p-2. The van der Waals surface area contributed by atoms with Gasteiger partial charge in [-0.25, -0.2) is 11.6 Å². The van der Waals surface area contributed by atoms with Gasteiger partial charge in [-0.1, -0.05) is 132 Å². The van der Waals surface area contributed by atoms with Gasteiger partial charge >= 0.3 is 26.2 Å². The van der Waals surface area contributed by atoms with Crippen LogP contribution < -0.4 is 24.8 Å². The summed E-state index contributed by atoms with van der Waals surface area (Å²) in [7, 11) is 0. The molecule has 0 aliphatic heterocycles. The summed E-state index contributed by atoms with van der Waals surface area (Å²) < 4.78 is 0. The first-order valence-electron chi connectivity index (χ1n) is 16.1. The Bertz CT molecular complexity index is 1520. The second-order valence-corrected chi connectivity index (χ2v) is 17.3. The van der Waals surface area contributed by atoms with Crippen LogP contribution in [-0.2, 0) is 55.3 Å². The average Bonchev–Trinajstić information content (AvgIpc) is 3.59. The maximum atomic E-state index is 3.85. The molecule has 0 saturated carbocycles. The normalized spacial score (nSPS) is 16.8. The summed E-state index contributed by atoms with van der Waals surface area (Å²) in [5, 5.41) is 0. The van der Waals surface area contributed by atoms with E-state index >= 15 is 0 Å². The average molecular weight is 721 g/mol. The Morgan fingerprint density at radius 3 is 1.67 bits per heavy atom. The van der Waals surface area contributed by atoms with Gasteiger partial charge in [-0.3, -0.25) is 6.08 Å². The van der Waals surface area contributed by atoms with Crippen LogP contribution in [0.4, 0.5) is 0 Å². The Morgan fingerprint density at radius 1 is 0.689 bits per heavy atom. The van der Waals surface area contributed by atoms with E-state index in [1.54, 1.807) is 0 Å². The van der Waals surface area contributed by atoms with Crippen molar-refractivity contribution in [3.8, 4) is 11.1 Å². The van der Waals surface area contributed by atoms with E-state index in [9.17, 15) is 0 Å². The zero-order valence-corrected chi connectivity index (χ0v) is 34.3. The summed E-state index contributed by atoms with van der Waals surface area (Å²) in [6, 6.07) is 16.8. The minimum Gasteiger partial charge on any atom is -1.00 e. The maximum absolute atomic E-state index is 3.85. The second-order valence-electron chi connectivity index (χ2n) is 17.3. The summed E-state index contributed by atoms with van der Waals surface area (Å²) in [6.07, 6.45) is 8.56. The molecule has 3 aromatic rings. The van der Waals surface area contributed by atoms with Crippen LogP contribution in [-0.4, -0.2) is 0 Å². The molecule has 3 heteroatoms. The van der Waals surface area contributed by atoms with E-state index in [0.29, 0.717) is 5.41 Å². The van der Waals surface area contributed by atoms with Crippen LogP contribution in [0.5, 0.6) is 0 Å². The van der Waals surface area contributed by atoms with Crippen molar-refractivity contribution >= 4 is 11.1 Å². The summed E-state index contributed by atoms with van der Waals surface area (Å²) >= 11 is 0. The Balaban J connectivity index is 0.000000433. The molecular formula is C42H54Cl2Zr. The van der Waals surface area contributed by atoms with Crippen LogP contribution in [0.15, 0.2) is 48.5 Å². The molecule has 0 bridgehead atoms. The molecule has 0 aromatic heterocycles. The summed E-state index contributed by atoms with van der Waals surface area (Å²) in [6.45, 7) is 32.3. The van der Waals surface area contributed by atoms with Crippen molar-refractivity contribution in [1.82, 2.24) is 0 Å². The van der Waals surface area contributed by atoms with Gasteiger partial charge in [-0.2, -0.15) is 28.8 Å². The fourth-order valence-electron chi connectivity index (χ4n) is 7.12. The fraction of sp³-hybridized carbons (Fsp3) is 0.500. The van der Waals surface area contributed by atoms with Gasteiger partial charge in [0, 0.05) is 5.41 Å². The molecule has 0 nitrogen and oxygen atoms in total. The third-order valence-electron chi connectivity index (χ3n) is 9.68. The Hall–Kier alpha value is -1.27. The zero-order valence-electron chi connectivity index (χ0n) is 30.3. The number of fused-ring (bicyclic) bond motifs is 5. The largest absolute Gasteiger partial charge is 4.00 e. The van der Waals surface area contributed by atoms with E-state index in [1.807, 2.05) is 0 Å². The van der Waals surface area contributed by atoms with E-state index in [-0.39, 0.29) is 72.7 Å². The van der Waals surface area contributed by atoms with Crippen molar-refractivity contribution in [2.75, 3.05) is 0 Å². The Morgan fingerprint density at radius 2 is 1.22 bits per heavy atom. The summed E-state index contributed by atoms with van der Waals surface area (Å²) in [5.41, 5.74) is 18.1. The molecule has 0 spiro atoms.